The van der Waals surface area contributed by atoms with Crippen LogP contribution in [-0.4, -0.2) is 35.1 Å². The summed E-state index contributed by atoms with van der Waals surface area (Å²) in [7, 11) is 0. The number of carboxylic acids is 1. The molecule has 1 aromatic carbocycles. The number of hydrogen-bond donors (Lipinski definition) is 2. The minimum Gasteiger partial charge on any atom is -0.481 e. The molecule has 0 saturated carbocycles. The molecule has 1 saturated heterocycles. The van der Waals surface area contributed by atoms with Crippen molar-refractivity contribution < 1.29 is 19.1 Å². The van der Waals surface area contributed by atoms with Crippen molar-refractivity contribution >= 4 is 17.7 Å². The van der Waals surface area contributed by atoms with Gasteiger partial charge in [-0.1, -0.05) is 13.0 Å². The number of urea groups is 1. The first-order valence-electron chi connectivity index (χ1n) is 6.94. The number of carbonyl (C=O) groups excluding carboxylic acids is 1. The molecule has 2 amide bonds. The molecule has 1 atom stereocenters. The molecule has 0 aromatic heterocycles. The summed E-state index contributed by atoms with van der Waals surface area (Å²) in [5.41, 5.74) is -0.0942. The molecule has 0 radical (unpaired) electrons. The van der Waals surface area contributed by atoms with Gasteiger partial charge in [0, 0.05) is 24.3 Å². The van der Waals surface area contributed by atoms with Gasteiger partial charge in [0.05, 0.1) is 5.41 Å². The molecule has 114 valence electrons. The molecule has 1 aliphatic heterocycles. The van der Waals surface area contributed by atoms with Gasteiger partial charge in [-0.15, -0.1) is 0 Å². The molecule has 2 N–H and O–H groups in total. The van der Waals surface area contributed by atoms with Gasteiger partial charge in [-0.25, -0.2) is 9.18 Å². The quantitative estimate of drug-likeness (QED) is 0.900. The van der Waals surface area contributed by atoms with Crippen molar-refractivity contribution in [3.63, 3.8) is 0 Å². The number of aliphatic carboxylic acids is 1. The highest BCUT2D eigenvalue weighted by Gasteiger charge is 2.44. The number of rotatable bonds is 3. The van der Waals surface area contributed by atoms with Crippen molar-refractivity contribution in [3.8, 4) is 0 Å². The van der Waals surface area contributed by atoms with Gasteiger partial charge in [-0.05, 0) is 31.9 Å². The molecular formula is C15H19FN2O3. The topological polar surface area (TPSA) is 69.6 Å². The van der Waals surface area contributed by atoms with Crippen LogP contribution in [0.2, 0.25) is 0 Å². The molecule has 21 heavy (non-hydrogen) atoms. The lowest BCUT2D eigenvalue weighted by atomic mass is 9.84. The van der Waals surface area contributed by atoms with E-state index in [0.29, 0.717) is 30.6 Å². The SMILES string of the molecule is CCC1(C(=O)O)CCN(C(=O)Nc2cccc(F)c2C)C1. The summed E-state index contributed by atoms with van der Waals surface area (Å²) in [5, 5.41) is 12.0. The van der Waals surface area contributed by atoms with Gasteiger partial charge >= 0.3 is 12.0 Å². The lowest BCUT2D eigenvalue weighted by molar-refractivity contribution is -0.148. The normalized spacial score (nSPS) is 21.4. The van der Waals surface area contributed by atoms with Gasteiger partial charge in [-0.3, -0.25) is 4.79 Å². The Morgan fingerprint density at radius 2 is 2.19 bits per heavy atom. The van der Waals surface area contributed by atoms with E-state index < -0.39 is 11.4 Å². The molecule has 0 aliphatic carbocycles. The summed E-state index contributed by atoms with van der Waals surface area (Å²) in [6.07, 6.45) is 0.916. The zero-order chi connectivity index (χ0) is 15.6. The van der Waals surface area contributed by atoms with Crippen molar-refractivity contribution in [1.82, 2.24) is 4.90 Å². The van der Waals surface area contributed by atoms with Gasteiger partial charge in [0.2, 0.25) is 0 Å². The van der Waals surface area contributed by atoms with E-state index in [4.69, 9.17) is 0 Å². The predicted molar refractivity (Wildman–Crippen MR) is 76.7 cm³/mol. The highest BCUT2D eigenvalue weighted by atomic mass is 19.1. The fourth-order valence-corrected chi connectivity index (χ4v) is 2.60. The summed E-state index contributed by atoms with van der Waals surface area (Å²) < 4.78 is 13.4. The first-order chi connectivity index (χ1) is 9.89. The van der Waals surface area contributed by atoms with Gasteiger partial charge in [0.1, 0.15) is 5.82 Å². The van der Waals surface area contributed by atoms with Crippen LogP contribution in [-0.2, 0) is 4.79 Å². The van der Waals surface area contributed by atoms with E-state index in [1.165, 1.54) is 17.0 Å². The molecule has 1 aliphatic rings. The van der Waals surface area contributed by atoms with Crippen molar-refractivity contribution in [1.29, 1.82) is 0 Å². The summed E-state index contributed by atoms with van der Waals surface area (Å²) in [5.74, 6) is -1.26. The van der Waals surface area contributed by atoms with Crippen molar-refractivity contribution in [2.24, 2.45) is 5.41 Å². The molecule has 5 nitrogen and oxygen atoms in total. The van der Waals surface area contributed by atoms with E-state index in [1.807, 2.05) is 6.92 Å². The monoisotopic (exact) mass is 294 g/mol. The summed E-state index contributed by atoms with van der Waals surface area (Å²) in [6.45, 7) is 3.97. The third-order valence-corrected chi connectivity index (χ3v) is 4.28. The smallest absolute Gasteiger partial charge is 0.321 e. The number of amides is 2. The number of nitrogens with one attached hydrogen (secondary N) is 1. The molecule has 1 aromatic rings. The lowest BCUT2D eigenvalue weighted by Gasteiger charge is -2.23. The number of hydrogen-bond acceptors (Lipinski definition) is 2. The fourth-order valence-electron chi connectivity index (χ4n) is 2.60. The standard InChI is InChI=1S/C15H19FN2O3/c1-3-15(13(19)20)7-8-18(9-15)14(21)17-12-6-4-5-11(16)10(12)2/h4-6H,3,7-9H2,1-2H3,(H,17,21)(H,19,20). The highest BCUT2D eigenvalue weighted by molar-refractivity contribution is 5.91. The molecule has 1 fully saturated rings. The van der Waals surface area contributed by atoms with Gasteiger partial charge in [-0.2, -0.15) is 0 Å². The Morgan fingerprint density at radius 3 is 2.76 bits per heavy atom. The van der Waals surface area contributed by atoms with Crippen molar-refractivity contribution in [3.05, 3.63) is 29.6 Å². The van der Waals surface area contributed by atoms with Crippen LogP contribution in [0.5, 0.6) is 0 Å². The van der Waals surface area contributed by atoms with E-state index in [0.717, 1.165) is 0 Å². The second kappa shape index (κ2) is 5.71. The molecule has 1 heterocycles. The number of carbonyl (C=O) groups is 2. The maximum absolute atomic E-state index is 13.4. The van der Waals surface area contributed by atoms with Crippen molar-refractivity contribution in [2.45, 2.75) is 26.7 Å². The number of anilines is 1. The minimum atomic E-state index is -0.873. The maximum atomic E-state index is 13.4. The Labute approximate surface area is 122 Å². The second-order valence-corrected chi connectivity index (χ2v) is 5.45. The third-order valence-electron chi connectivity index (χ3n) is 4.28. The predicted octanol–water partition coefficient (Wildman–Crippen LogP) is 2.85. The van der Waals surface area contributed by atoms with E-state index in [9.17, 15) is 19.1 Å². The van der Waals surface area contributed by atoms with Crippen LogP contribution in [0, 0.1) is 18.2 Å². The van der Waals surface area contributed by atoms with Gasteiger partial charge in [0.25, 0.3) is 0 Å². The summed E-state index contributed by atoms with van der Waals surface area (Å²) in [6, 6.07) is 4.08. The number of halogens is 1. The largest absolute Gasteiger partial charge is 0.481 e. The van der Waals surface area contributed by atoms with Crippen LogP contribution >= 0.6 is 0 Å². The van der Waals surface area contributed by atoms with Crippen LogP contribution in [0.1, 0.15) is 25.3 Å². The second-order valence-electron chi connectivity index (χ2n) is 5.45. The Hall–Kier alpha value is -2.11. The number of benzene rings is 1. The first kappa shape index (κ1) is 15.3. The van der Waals surface area contributed by atoms with Crippen LogP contribution in [0.25, 0.3) is 0 Å². The lowest BCUT2D eigenvalue weighted by Crippen LogP contribution is -2.38. The summed E-state index contributed by atoms with van der Waals surface area (Å²) in [4.78, 5) is 25.1. The number of nitrogens with zero attached hydrogens (tertiary/aromatic N) is 1. The van der Waals surface area contributed by atoms with E-state index in [1.54, 1.807) is 13.0 Å². The van der Waals surface area contributed by atoms with Crippen LogP contribution in [0.3, 0.4) is 0 Å². The van der Waals surface area contributed by atoms with Crippen molar-refractivity contribution in [2.75, 3.05) is 18.4 Å². The van der Waals surface area contributed by atoms with E-state index >= 15 is 0 Å². The zero-order valence-electron chi connectivity index (χ0n) is 12.1. The Morgan fingerprint density at radius 1 is 1.48 bits per heavy atom. The molecular weight excluding hydrogens is 275 g/mol. The molecule has 0 bridgehead atoms. The highest BCUT2D eigenvalue weighted by Crippen LogP contribution is 2.34. The molecule has 2 rings (SSSR count). The molecule has 1 unspecified atom stereocenters. The Kier molecular flexibility index (Phi) is 4.16. The number of carboxylic acid groups (broad SMARTS) is 1. The number of likely N-dealkylation sites (tertiary alicyclic amines) is 1. The summed E-state index contributed by atoms with van der Waals surface area (Å²) >= 11 is 0. The average Bonchev–Trinajstić information content (AvgIpc) is 2.90. The zero-order valence-corrected chi connectivity index (χ0v) is 12.1. The van der Waals surface area contributed by atoms with Gasteiger partial charge in [0.15, 0.2) is 0 Å². The van der Waals surface area contributed by atoms with E-state index in [2.05, 4.69) is 5.32 Å². The van der Waals surface area contributed by atoms with Crippen LogP contribution in [0.15, 0.2) is 18.2 Å². The van der Waals surface area contributed by atoms with Crippen LogP contribution < -0.4 is 5.32 Å². The molecule has 0 spiro atoms. The average molecular weight is 294 g/mol. The maximum Gasteiger partial charge on any atom is 0.321 e. The van der Waals surface area contributed by atoms with E-state index in [-0.39, 0.29) is 18.4 Å². The molecule has 6 heteroatoms. The Bertz CT molecular complexity index is 576. The first-order valence-corrected chi connectivity index (χ1v) is 6.94. The van der Waals surface area contributed by atoms with Crippen LogP contribution in [0.4, 0.5) is 14.9 Å². The van der Waals surface area contributed by atoms with Gasteiger partial charge < -0.3 is 15.3 Å². The minimum absolute atomic E-state index is 0.180. The Balaban J connectivity index is 2.09. The third kappa shape index (κ3) is 2.84. The fraction of sp³-hybridized carbons (Fsp3) is 0.467.